The minimum atomic E-state index is -0.358. The second kappa shape index (κ2) is 9.06. The normalized spacial score (nSPS) is 10.3. The fourth-order valence-electron chi connectivity index (χ4n) is 0.794. The van der Waals surface area contributed by atoms with Crippen molar-refractivity contribution in [2.45, 2.75) is 19.3 Å². The third-order valence-electron chi connectivity index (χ3n) is 1.52. The molecule has 0 rings (SSSR count). The maximum atomic E-state index is 10.6. The summed E-state index contributed by atoms with van der Waals surface area (Å²) < 4.78 is 4.40. The molecule has 0 unspecified atom stereocenters. The van der Waals surface area contributed by atoms with Gasteiger partial charge in [-0.15, -0.1) is 0 Å². The van der Waals surface area contributed by atoms with Crippen molar-refractivity contribution in [3.8, 4) is 0 Å². The number of hydrogen-bond donors (Lipinski definition) is 2. The number of methoxy groups -OCH3 is 1. The van der Waals surface area contributed by atoms with Crippen LogP contribution in [0.3, 0.4) is 0 Å². The molecule has 0 aliphatic rings. The van der Waals surface area contributed by atoms with Crippen LogP contribution in [0.1, 0.15) is 19.3 Å². The molecule has 0 saturated heterocycles. The highest BCUT2D eigenvalue weighted by Crippen LogP contribution is 1.91. The van der Waals surface area contributed by atoms with Crippen molar-refractivity contribution in [2.75, 3.05) is 20.3 Å². The van der Waals surface area contributed by atoms with E-state index in [4.69, 9.17) is 5.11 Å². The van der Waals surface area contributed by atoms with Crippen LogP contribution in [0.15, 0.2) is 12.3 Å². The van der Waals surface area contributed by atoms with Gasteiger partial charge in [0.05, 0.1) is 7.11 Å². The molecular weight excluding hydrogens is 170 g/mol. The molecule has 0 bridgehead atoms. The lowest BCUT2D eigenvalue weighted by molar-refractivity contribution is -0.134. The minimum absolute atomic E-state index is 0.248. The van der Waals surface area contributed by atoms with Crippen LogP contribution in [-0.4, -0.2) is 31.3 Å². The van der Waals surface area contributed by atoms with E-state index in [1.54, 1.807) is 6.20 Å². The van der Waals surface area contributed by atoms with Gasteiger partial charge in [0.2, 0.25) is 0 Å². The van der Waals surface area contributed by atoms with Crippen molar-refractivity contribution in [1.29, 1.82) is 0 Å². The quantitative estimate of drug-likeness (QED) is 0.344. The van der Waals surface area contributed by atoms with Gasteiger partial charge in [-0.3, -0.25) is 0 Å². The van der Waals surface area contributed by atoms with Crippen molar-refractivity contribution in [1.82, 2.24) is 5.32 Å². The third-order valence-corrected chi connectivity index (χ3v) is 1.52. The Balaban J connectivity index is 3.15. The second-order valence-electron chi connectivity index (χ2n) is 2.59. The summed E-state index contributed by atoms with van der Waals surface area (Å²) in [6.45, 7) is 1.06. The molecule has 0 aliphatic heterocycles. The Labute approximate surface area is 78.6 Å². The first-order valence-corrected chi connectivity index (χ1v) is 4.40. The van der Waals surface area contributed by atoms with Gasteiger partial charge in [0.15, 0.2) is 0 Å². The molecule has 76 valence electrons. The zero-order chi connectivity index (χ0) is 9.94. The predicted molar refractivity (Wildman–Crippen MR) is 50.1 cm³/mol. The largest absolute Gasteiger partial charge is 0.466 e. The zero-order valence-electron chi connectivity index (χ0n) is 7.95. The van der Waals surface area contributed by atoms with Crippen LogP contribution >= 0.6 is 0 Å². The van der Waals surface area contributed by atoms with E-state index in [1.807, 2.05) is 0 Å². The molecule has 0 saturated carbocycles. The smallest absolute Gasteiger partial charge is 0.331 e. The molecule has 0 fully saturated rings. The number of carbonyl (C=O) groups is 1. The number of nitrogens with one attached hydrogen (secondary N) is 1. The van der Waals surface area contributed by atoms with Crippen LogP contribution in [0.2, 0.25) is 0 Å². The lowest BCUT2D eigenvalue weighted by Gasteiger charge is -1.99. The average molecular weight is 187 g/mol. The zero-order valence-corrected chi connectivity index (χ0v) is 7.95. The second-order valence-corrected chi connectivity index (χ2v) is 2.59. The molecule has 4 nitrogen and oxygen atoms in total. The van der Waals surface area contributed by atoms with Crippen molar-refractivity contribution in [2.24, 2.45) is 0 Å². The van der Waals surface area contributed by atoms with Crippen molar-refractivity contribution >= 4 is 5.97 Å². The Bertz CT molecular complexity index is 157. The molecule has 0 heterocycles. The summed E-state index contributed by atoms with van der Waals surface area (Å²) in [5.41, 5.74) is 0. The standard InChI is InChI=1S/C9H17NO3/c1-13-9(12)5-7-10-6-3-2-4-8-11/h5,7,10-11H,2-4,6,8H2,1H3/b7-5+. The SMILES string of the molecule is COC(=O)/C=C/NCCCCCO. The number of aliphatic hydroxyl groups is 1. The highest BCUT2D eigenvalue weighted by molar-refractivity contribution is 5.81. The van der Waals surface area contributed by atoms with Gasteiger partial charge >= 0.3 is 5.97 Å². The maximum Gasteiger partial charge on any atom is 0.331 e. The summed E-state index contributed by atoms with van der Waals surface area (Å²) >= 11 is 0. The molecule has 0 radical (unpaired) electrons. The predicted octanol–water partition coefficient (Wildman–Crippen LogP) is 0.425. The molecule has 0 aromatic heterocycles. The Morgan fingerprint density at radius 2 is 2.23 bits per heavy atom. The highest BCUT2D eigenvalue weighted by atomic mass is 16.5. The number of unbranched alkanes of at least 4 members (excludes halogenated alkanes) is 2. The topological polar surface area (TPSA) is 58.6 Å². The molecule has 4 heteroatoms. The summed E-state index contributed by atoms with van der Waals surface area (Å²) in [4.78, 5) is 10.6. The van der Waals surface area contributed by atoms with Gasteiger partial charge in [-0.05, 0) is 19.3 Å². The van der Waals surface area contributed by atoms with E-state index in [0.29, 0.717) is 0 Å². The van der Waals surface area contributed by atoms with E-state index < -0.39 is 0 Å². The van der Waals surface area contributed by atoms with Gasteiger partial charge in [-0.1, -0.05) is 0 Å². The van der Waals surface area contributed by atoms with Crippen molar-refractivity contribution < 1.29 is 14.6 Å². The summed E-state index contributed by atoms with van der Waals surface area (Å²) in [5, 5.41) is 11.4. The maximum absolute atomic E-state index is 10.6. The summed E-state index contributed by atoms with van der Waals surface area (Å²) in [6.07, 6.45) is 5.74. The lowest BCUT2D eigenvalue weighted by atomic mass is 10.2. The summed E-state index contributed by atoms with van der Waals surface area (Å²) in [6, 6.07) is 0. The fourth-order valence-corrected chi connectivity index (χ4v) is 0.794. The molecule has 2 N–H and O–H groups in total. The van der Waals surface area contributed by atoms with Crippen LogP contribution in [0.5, 0.6) is 0 Å². The molecular formula is C9H17NO3. The highest BCUT2D eigenvalue weighted by Gasteiger charge is 1.89. The number of carbonyl (C=O) groups excluding carboxylic acids is 1. The summed E-state index contributed by atoms with van der Waals surface area (Å²) in [7, 11) is 1.34. The first kappa shape index (κ1) is 12.0. The molecule has 13 heavy (non-hydrogen) atoms. The van der Waals surface area contributed by atoms with Gasteiger partial charge in [0.25, 0.3) is 0 Å². The van der Waals surface area contributed by atoms with Gasteiger partial charge in [0, 0.05) is 25.4 Å². The first-order chi connectivity index (χ1) is 6.31. The number of aliphatic hydroxyl groups excluding tert-OH is 1. The lowest BCUT2D eigenvalue weighted by Crippen LogP contribution is -2.08. The van der Waals surface area contributed by atoms with E-state index >= 15 is 0 Å². The fraction of sp³-hybridized carbons (Fsp3) is 0.667. The Morgan fingerprint density at radius 3 is 2.85 bits per heavy atom. The molecule has 0 aromatic rings. The molecule has 0 aliphatic carbocycles. The molecule has 0 aromatic carbocycles. The molecule has 0 spiro atoms. The average Bonchev–Trinajstić information content (AvgIpc) is 2.16. The van der Waals surface area contributed by atoms with E-state index in [0.717, 1.165) is 25.8 Å². The van der Waals surface area contributed by atoms with E-state index in [1.165, 1.54) is 13.2 Å². The number of rotatable bonds is 7. The molecule has 0 atom stereocenters. The van der Waals surface area contributed by atoms with E-state index in [2.05, 4.69) is 10.1 Å². The minimum Gasteiger partial charge on any atom is -0.466 e. The van der Waals surface area contributed by atoms with Crippen LogP contribution < -0.4 is 5.32 Å². The van der Waals surface area contributed by atoms with E-state index in [9.17, 15) is 4.79 Å². The van der Waals surface area contributed by atoms with Crippen molar-refractivity contribution in [3.63, 3.8) is 0 Å². The van der Waals surface area contributed by atoms with Gasteiger partial charge in [-0.2, -0.15) is 0 Å². The van der Waals surface area contributed by atoms with Crippen LogP contribution in [0.25, 0.3) is 0 Å². The molecule has 0 amide bonds. The third kappa shape index (κ3) is 8.88. The number of esters is 1. The Morgan fingerprint density at radius 1 is 1.46 bits per heavy atom. The van der Waals surface area contributed by atoms with Crippen LogP contribution in [0, 0.1) is 0 Å². The van der Waals surface area contributed by atoms with Gasteiger partial charge < -0.3 is 15.2 Å². The number of ether oxygens (including phenoxy) is 1. The summed E-state index contributed by atoms with van der Waals surface area (Å²) in [5.74, 6) is -0.358. The Hall–Kier alpha value is -1.03. The van der Waals surface area contributed by atoms with Gasteiger partial charge in [-0.25, -0.2) is 4.79 Å². The monoisotopic (exact) mass is 187 g/mol. The van der Waals surface area contributed by atoms with Crippen molar-refractivity contribution in [3.05, 3.63) is 12.3 Å². The van der Waals surface area contributed by atoms with Crippen LogP contribution in [0.4, 0.5) is 0 Å². The van der Waals surface area contributed by atoms with Crippen LogP contribution in [-0.2, 0) is 9.53 Å². The van der Waals surface area contributed by atoms with E-state index in [-0.39, 0.29) is 12.6 Å². The first-order valence-electron chi connectivity index (χ1n) is 4.40. The Kier molecular flexibility index (Phi) is 8.34. The number of hydrogen-bond acceptors (Lipinski definition) is 4. The van der Waals surface area contributed by atoms with Gasteiger partial charge in [0.1, 0.15) is 0 Å².